The van der Waals surface area contributed by atoms with Crippen molar-refractivity contribution in [3.8, 4) is 0 Å². The topological polar surface area (TPSA) is 25.2 Å². The molecule has 6 rings (SSSR count). The van der Waals surface area contributed by atoms with Crippen LogP contribution in [-0.2, 0) is 6.54 Å². The molecule has 1 aliphatic rings. The molecule has 1 saturated heterocycles. The summed E-state index contributed by atoms with van der Waals surface area (Å²) in [5.41, 5.74) is 4.15. The number of halogens is 2. The first kappa shape index (κ1) is 23.7. The van der Waals surface area contributed by atoms with E-state index in [1.165, 1.54) is 32.8 Å². The predicted octanol–water partition coefficient (Wildman–Crippen LogP) is 7.79. The summed E-state index contributed by atoms with van der Waals surface area (Å²) in [7, 11) is 0. The Bertz CT molecular complexity index is 1600. The molecule has 0 N–H and O–H groups in total. The Morgan fingerprint density at radius 3 is 2.59 bits per heavy atom. The van der Waals surface area contributed by atoms with Gasteiger partial charge in [-0.25, -0.2) is 0 Å². The van der Waals surface area contributed by atoms with Crippen molar-refractivity contribution in [2.45, 2.75) is 29.5 Å². The van der Waals surface area contributed by atoms with Crippen LogP contribution in [0.2, 0.25) is 0 Å². The van der Waals surface area contributed by atoms with Gasteiger partial charge in [0, 0.05) is 53.1 Å². The fraction of sp³-hybridized carbons (Fsp3) is 0.194. The zero-order valence-corrected chi connectivity index (χ0v) is 21.0. The normalized spacial score (nSPS) is 15.8. The van der Waals surface area contributed by atoms with Crippen LogP contribution in [0.15, 0.2) is 102 Å². The molecule has 37 heavy (non-hydrogen) atoms. The highest BCUT2D eigenvalue weighted by molar-refractivity contribution is 7.99. The van der Waals surface area contributed by atoms with Crippen molar-refractivity contribution in [1.82, 2.24) is 9.47 Å². The maximum Gasteiger partial charge on any atom is 0.288 e. The van der Waals surface area contributed by atoms with E-state index in [1.54, 1.807) is 24.3 Å². The highest BCUT2D eigenvalue weighted by Crippen LogP contribution is 2.35. The highest BCUT2D eigenvalue weighted by Gasteiger charge is 2.30. The highest BCUT2D eigenvalue weighted by atomic mass is 32.2. The van der Waals surface area contributed by atoms with Crippen LogP contribution in [-0.4, -0.2) is 34.2 Å². The molecular weight excluding hydrogens is 486 g/mol. The van der Waals surface area contributed by atoms with Crippen LogP contribution in [0.5, 0.6) is 0 Å². The maximum atomic E-state index is 13.2. The second-order valence-corrected chi connectivity index (χ2v) is 10.6. The van der Waals surface area contributed by atoms with E-state index in [1.807, 2.05) is 4.90 Å². The quantitative estimate of drug-likeness (QED) is 0.217. The number of hydrogen-bond donors (Lipinski definition) is 0. The summed E-state index contributed by atoms with van der Waals surface area (Å²) < 4.78 is 27.9. The molecular formula is C31H26F2N2OS. The third-order valence-electron chi connectivity index (χ3n) is 7.21. The molecule has 2 heterocycles. The predicted molar refractivity (Wildman–Crippen MR) is 147 cm³/mol. The average Bonchev–Trinajstić information content (AvgIpc) is 3.53. The van der Waals surface area contributed by atoms with E-state index in [9.17, 15) is 13.6 Å². The van der Waals surface area contributed by atoms with E-state index in [0.717, 1.165) is 13.0 Å². The van der Waals surface area contributed by atoms with Gasteiger partial charge in [-0.15, -0.1) is 0 Å². The third kappa shape index (κ3) is 4.86. The molecule has 1 unspecified atom stereocenters. The Labute approximate surface area is 218 Å². The summed E-state index contributed by atoms with van der Waals surface area (Å²) in [5, 5.41) is 3.69. The van der Waals surface area contributed by atoms with Crippen molar-refractivity contribution >= 4 is 39.3 Å². The Morgan fingerprint density at radius 1 is 0.919 bits per heavy atom. The van der Waals surface area contributed by atoms with E-state index in [2.05, 4.69) is 77.5 Å². The minimum atomic E-state index is -2.51. The lowest BCUT2D eigenvalue weighted by Crippen LogP contribution is -2.28. The SMILES string of the molecule is O=C(c1cccc(SC(F)F)c1)N1CCC(c2cn(Cc3ccc4ccccc4c3)c3ccccc23)C1. The first-order chi connectivity index (χ1) is 18.0. The number of carbonyl (C=O) groups excluding carboxylic acids is 1. The van der Waals surface area contributed by atoms with Crippen molar-refractivity contribution in [2.75, 3.05) is 13.1 Å². The van der Waals surface area contributed by atoms with Gasteiger partial charge in [-0.05, 0) is 58.7 Å². The van der Waals surface area contributed by atoms with Gasteiger partial charge >= 0.3 is 0 Å². The molecule has 1 aromatic heterocycles. The molecule has 5 aromatic rings. The van der Waals surface area contributed by atoms with E-state index in [-0.39, 0.29) is 11.8 Å². The monoisotopic (exact) mass is 512 g/mol. The molecule has 186 valence electrons. The molecule has 0 aliphatic carbocycles. The van der Waals surface area contributed by atoms with Crippen LogP contribution in [0.4, 0.5) is 8.78 Å². The zero-order valence-electron chi connectivity index (χ0n) is 20.2. The van der Waals surface area contributed by atoms with Gasteiger partial charge in [0.15, 0.2) is 0 Å². The van der Waals surface area contributed by atoms with Crippen molar-refractivity contribution in [2.24, 2.45) is 0 Å². The number of carbonyl (C=O) groups is 1. The average molecular weight is 513 g/mol. The van der Waals surface area contributed by atoms with E-state index >= 15 is 0 Å². The summed E-state index contributed by atoms with van der Waals surface area (Å²) in [6, 6.07) is 30.0. The zero-order chi connectivity index (χ0) is 25.4. The van der Waals surface area contributed by atoms with Gasteiger partial charge in [0.25, 0.3) is 11.7 Å². The number of amides is 1. The lowest BCUT2D eigenvalue weighted by Gasteiger charge is -2.17. The molecule has 1 amide bonds. The Balaban J connectivity index is 1.25. The molecule has 4 aromatic carbocycles. The Morgan fingerprint density at radius 2 is 1.73 bits per heavy atom. The van der Waals surface area contributed by atoms with Crippen LogP contribution in [0.1, 0.15) is 33.8 Å². The minimum Gasteiger partial charge on any atom is -0.343 e. The summed E-state index contributed by atoms with van der Waals surface area (Å²) in [5.74, 6) is -2.38. The van der Waals surface area contributed by atoms with E-state index < -0.39 is 5.76 Å². The molecule has 1 aliphatic heterocycles. The molecule has 0 bridgehead atoms. The number of hydrogen-bond acceptors (Lipinski definition) is 2. The molecule has 3 nitrogen and oxygen atoms in total. The molecule has 6 heteroatoms. The summed E-state index contributed by atoms with van der Waals surface area (Å²) in [6.45, 7) is 2.05. The van der Waals surface area contributed by atoms with Crippen molar-refractivity contribution in [3.05, 3.63) is 114 Å². The van der Waals surface area contributed by atoms with E-state index in [4.69, 9.17) is 0 Å². The first-order valence-corrected chi connectivity index (χ1v) is 13.3. The maximum absolute atomic E-state index is 13.2. The van der Waals surface area contributed by atoms with Gasteiger partial charge in [0.1, 0.15) is 0 Å². The molecule has 1 atom stereocenters. The van der Waals surface area contributed by atoms with Crippen LogP contribution >= 0.6 is 11.8 Å². The first-order valence-electron chi connectivity index (χ1n) is 12.4. The summed E-state index contributed by atoms with van der Waals surface area (Å²) in [6.07, 6.45) is 3.12. The molecule has 0 spiro atoms. The smallest absolute Gasteiger partial charge is 0.288 e. The number of nitrogens with zero attached hydrogens (tertiary/aromatic N) is 2. The van der Waals surface area contributed by atoms with Gasteiger partial charge in [0.05, 0.1) is 0 Å². The van der Waals surface area contributed by atoms with Crippen LogP contribution < -0.4 is 0 Å². The number of para-hydroxylation sites is 1. The van der Waals surface area contributed by atoms with Crippen LogP contribution in [0.3, 0.4) is 0 Å². The number of fused-ring (bicyclic) bond motifs is 2. The van der Waals surface area contributed by atoms with E-state index in [0.29, 0.717) is 35.3 Å². The lowest BCUT2D eigenvalue weighted by atomic mass is 9.98. The minimum absolute atomic E-state index is 0.0980. The summed E-state index contributed by atoms with van der Waals surface area (Å²) >= 11 is 0.468. The fourth-order valence-corrected chi connectivity index (χ4v) is 6.01. The fourth-order valence-electron chi connectivity index (χ4n) is 5.45. The molecule has 0 saturated carbocycles. The van der Waals surface area contributed by atoms with Gasteiger partial charge in [-0.3, -0.25) is 4.79 Å². The van der Waals surface area contributed by atoms with Gasteiger partial charge in [-0.1, -0.05) is 72.4 Å². The number of rotatable bonds is 6. The second-order valence-electron chi connectivity index (χ2n) is 9.55. The molecule has 0 radical (unpaired) electrons. The number of likely N-dealkylation sites (tertiary alicyclic amines) is 1. The summed E-state index contributed by atoms with van der Waals surface area (Å²) in [4.78, 5) is 15.5. The Hall–Kier alpha value is -3.64. The van der Waals surface area contributed by atoms with Gasteiger partial charge in [0.2, 0.25) is 0 Å². The number of aromatic nitrogens is 1. The Kier molecular flexibility index (Phi) is 6.43. The number of benzene rings is 4. The van der Waals surface area contributed by atoms with Crippen LogP contribution in [0.25, 0.3) is 21.7 Å². The van der Waals surface area contributed by atoms with Crippen molar-refractivity contribution in [1.29, 1.82) is 0 Å². The number of alkyl halides is 2. The molecule has 1 fully saturated rings. The number of thioether (sulfide) groups is 1. The van der Waals surface area contributed by atoms with Crippen molar-refractivity contribution < 1.29 is 13.6 Å². The van der Waals surface area contributed by atoms with Crippen LogP contribution in [0, 0.1) is 0 Å². The lowest BCUT2D eigenvalue weighted by molar-refractivity contribution is 0.0790. The standard InChI is InChI=1S/C31H26F2N2OS/c32-31(33)37-26-9-5-8-24(17-26)30(36)34-15-14-25(19-34)28-20-35(29-11-4-3-10-27(28)29)18-21-12-13-22-6-1-2-7-23(22)16-21/h1-13,16-17,20,25,31H,14-15,18-19H2. The largest absolute Gasteiger partial charge is 0.343 e. The van der Waals surface area contributed by atoms with Gasteiger partial charge in [-0.2, -0.15) is 8.78 Å². The van der Waals surface area contributed by atoms with Crippen molar-refractivity contribution in [3.63, 3.8) is 0 Å². The van der Waals surface area contributed by atoms with Gasteiger partial charge < -0.3 is 9.47 Å². The second kappa shape index (κ2) is 10.0. The third-order valence-corrected chi connectivity index (χ3v) is 7.91.